The highest BCUT2D eigenvalue weighted by Gasteiger charge is 2.17. The van der Waals surface area contributed by atoms with Crippen LogP contribution in [0.25, 0.3) is 10.9 Å². The molecule has 0 atom stereocenters. The summed E-state index contributed by atoms with van der Waals surface area (Å²) in [5, 5.41) is 6.74. The second-order valence-corrected chi connectivity index (χ2v) is 5.75. The Morgan fingerprint density at radius 3 is 2.74 bits per heavy atom. The number of para-hydroxylation sites is 1. The molecule has 0 aliphatic heterocycles. The van der Waals surface area contributed by atoms with E-state index < -0.39 is 17.2 Å². The van der Waals surface area contributed by atoms with Gasteiger partial charge in [0.15, 0.2) is 5.69 Å². The monoisotopic (exact) mass is 375 g/mol. The lowest BCUT2D eigenvalue weighted by Gasteiger charge is -2.09. The fourth-order valence-corrected chi connectivity index (χ4v) is 2.63. The maximum atomic E-state index is 13.4. The molecule has 5 nitrogen and oxygen atoms in total. The van der Waals surface area contributed by atoms with Gasteiger partial charge in [-0.3, -0.25) is 14.3 Å². The average Bonchev–Trinajstić information content (AvgIpc) is 2.53. The van der Waals surface area contributed by atoms with Crippen LogP contribution in [0.4, 0.5) is 10.1 Å². The van der Waals surface area contributed by atoms with Crippen LogP contribution < -0.4 is 10.7 Å². The summed E-state index contributed by atoms with van der Waals surface area (Å²) in [4.78, 5) is 24.8. The zero-order valence-electron chi connectivity index (χ0n) is 12.0. The number of amides is 1. The number of nitrogens with one attached hydrogen (secondary N) is 1. The van der Waals surface area contributed by atoms with Gasteiger partial charge in [0.2, 0.25) is 5.43 Å². The smallest absolute Gasteiger partial charge is 0.280 e. The minimum Gasteiger partial charge on any atom is -0.319 e. The Morgan fingerprint density at radius 1 is 1.26 bits per heavy atom. The van der Waals surface area contributed by atoms with E-state index in [2.05, 4.69) is 26.3 Å². The molecular weight excluding hydrogens is 365 g/mol. The first kappa shape index (κ1) is 15.4. The molecular formula is C16H11BrFN3O2. The van der Waals surface area contributed by atoms with E-state index in [-0.39, 0.29) is 11.1 Å². The van der Waals surface area contributed by atoms with Gasteiger partial charge in [-0.15, -0.1) is 0 Å². The maximum absolute atomic E-state index is 13.4. The van der Waals surface area contributed by atoms with Gasteiger partial charge in [-0.2, -0.15) is 5.10 Å². The molecule has 0 aliphatic rings. The highest BCUT2D eigenvalue weighted by molar-refractivity contribution is 9.10. The molecule has 0 aliphatic carbocycles. The number of rotatable bonds is 2. The van der Waals surface area contributed by atoms with Gasteiger partial charge in [-0.05, 0) is 46.3 Å². The van der Waals surface area contributed by atoms with Crippen molar-refractivity contribution in [1.29, 1.82) is 0 Å². The molecule has 2 aromatic carbocycles. The number of aromatic nitrogens is 2. The lowest BCUT2D eigenvalue weighted by molar-refractivity contribution is 0.101. The molecule has 0 saturated carbocycles. The van der Waals surface area contributed by atoms with Gasteiger partial charge in [0.1, 0.15) is 5.82 Å². The summed E-state index contributed by atoms with van der Waals surface area (Å²) in [5.41, 5.74) is 0.0676. The lowest BCUT2D eigenvalue weighted by atomic mass is 10.2. The summed E-state index contributed by atoms with van der Waals surface area (Å²) in [6, 6.07) is 10.8. The fourth-order valence-electron chi connectivity index (χ4n) is 2.24. The van der Waals surface area contributed by atoms with Crippen molar-refractivity contribution in [3.63, 3.8) is 0 Å². The number of carbonyl (C=O) groups is 1. The van der Waals surface area contributed by atoms with E-state index >= 15 is 0 Å². The molecule has 1 aromatic heterocycles. The minimum atomic E-state index is -0.649. The first-order valence-electron chi connectivity index (χ1n) is 6.70. The van der Waals surface area contributed by atoms with Gasteiger partial charge < -0.3 is 5.32 Å². The van der Waals surface area contributed by atoms with Crippen molar-refractivity contribution in [2.24, 2.45) is 7.05 Å². The van der Waals surface area contributed by atoms with Gasteiger partial charge in [-0.25, -0.2) is 4.39 Å². The van der Waals surface area contributed by atoms with Crippen molar-refractivity contribution < 1.29 is 9.18 Å². The molecule has 1 N–H and O–H groups in total. The van der Waals surface area contributed by atoms with E-state index in [0.29, 0.717) is 15.7 Å². The van der Waals surface area contributed by atoms with Crippen molar-refractivity contribution in [2.75, 3.05) is 5.32 Å². The van der Waals surface area contributed by atoms with E-state index in [1.165, 1.54) is 16.8 Å². The van der Waals surface area contributed by atoms with Crippen LogP contribution in [0.2, 0.25) is 0 Å². The molecule has 0 fully saturated rings. The van der Waals surface area contributed by atoms with Crippen LogP contribution in [0, 0.1) is 5.82 Å². The van der Waals surface area contributed by atoms with Crippen molar-refractivity contribution >= 4 is 38.4 Å². The number of halogens is 2. The van der Waals surface area contributed by atoms with E-state index in [9.17, 15) is 14.0 Å². The molecule has 0 radical (unpaired) electrons. The summed E-state index contributed by atoms with van der Waals surface area (Å²) < 4.78 is 15.5. The van der Waals surface area contributed by atoms with Crippen LogP contribution in [0.15, 0.2) is 51.7 Å². The predicted octanol–water partition coefficient (Wildman–Crippen LogP) is 3.09. The highest BCUT2D eigenvalue weighted by atomic mass is 79.9. The molecule has 1 amide bonds. The number of nitrogens with zero attached hydrogens (tertiary/aromatic N) is 2. The molecule has 0 unspecified atom stereocenters. The number of aryl methyl sites for hydroxylation is 1. The van der Waals surface area contributed by atoms with Crippen molar-refractivity contribution in [3.05, 3.63) is 68.7 Å². The third kappa shape index (κ3) is 2.87. The topological polar surface area (TPSA) is 64.0 Å². The molecule has 116 valence electrons. The Balaban J connectivity index is 2.09. The Morgan fingerprint density at radius 2 is 2.00 bits per heavy atom. The third-order valence-corrected chi connectivity index (χ3v) is 4.05. The second kappa shape index (κ2) is 5.92. The molecule has 7 heteroatoms. The molecule has 0 saturated heterocycles. The fraction of sp³-hybridized carbons (Fsp3) is 0.0625. The van der Waals surface area contributed by atoms with Crippen LogP contribution in [0.3, 0.4) is 0 Å². The molecule has 3 aromatic rings. The quantitative estimate of drug-likeness (QED) is 0.748. The number of hydrogen-bond acceptors (Lipinski definition) is 3. The van der Waals surface area contributed by atoms with E-state index in [4.69, 9.17) is 0 Å². The van der Waals surface area contributed by atoms with E-state index in [1.807, 2.05) is 0 Å². The Bertz CT molecular complexity index is 985. The van der Waals surface area contributed by atoms with Crippen molar-refractivity contribution in [2.45, 2.75) is 0 Å². The molecule has 0 bridgehead atoms. The zero-order valence-corrected chi connectivity index (χ0v) is 13.6. The van der Waals surface area contributed by atoms with Gasteiger partial charge in [-0.1, -0.05) is 12.1 Å². The van der Waals surface area contributed by atoms with E-state index in [1.54, 1.807) is 31.3 Å². The first-order valence-corrected chi connectivity index (χ1v) is 7.49. The number of hydrogen-bond donors (Lipinski definition) is 1. The largest absolute Gasteiger partial charge is 0.319 e. The predicted molar refractivity (Wildman–Crippen MR) is 89.0 cm³/mol. The normalized spacial score (nSPS) is 10.7. The third-order valence-electron chi connectivity index (χ3n) is 3.35. The lowest BCUT2D eigenvalue weighted by Crippen LogP contribution is -2.26. The Kier molecular flexibility index (Phi) is 3.96. The van der Waals surface area contributed by atoms with Gasteiger partial charge in [0.05, 0.1) is 16.6 Å². The number of anilines is 1. The summed E-state index contributed by atoms with van der Waals surface area (Å²) in [7, 11) is 1.59. The summed E-state index contributed by atoms with van der Waals surface area (Å²) >= 11 is 3.31. The van der Waals surface area contributed by atoms with Crippen LogP contribution in [-0.2, 0) is 7.05 Å². The molecule has 1 heterocycles. The number of fused-ring (bicyclic) bond motifs is 1. The number of benzene rings is 2. The molecule has 3 rings (SSSR count). The summed E-state index contributed by atoms with van der Waals surface area (Å²) in [6.45, 7) is 0. The summed E-state index contributed by atoms with van der Waals surface area (Å²) in [6.07, 6.45) is 0. The van der Waals surface area contributed by atoms with E-state index in [0.717, 1.165) is 6.07 Å². The van der Waals surface area contributed by atoms with Crippen molar-refractivity contribution in [3.8, 4) is 0 Å². The van der Waals surface area contributed by atoms with Gasteiger partial charge in [0, 0.05) is 11.5 Å². The highest BCUT2D eigenvalue weighted by Crippen LogP contribution is 2.21. The summed E-state index contributed by atoms with van der Waals surface area (Å²) in [5.74, 6) is -1.19. The SMILES string of the molecule is Cn1nc(C(=O)Nc2ccccc2Br)c(=O)c2cc(F)ccc21. The minimum absolute atomic E-state index is 0.111. The average molecular weight is 376 g/mol. The molecule has 0 spiro atoms. The first-order chi connectivity index (χ1) is 11.0. The zero-order chi connectivity index (χ0) is 16.6. The van der Waals surface area contributed by atoms with Crippen molar-refractivity contribution in [1.82, 2.24) is 9.78 Å². The maximum Gasteiger partial charge on any atom is 0.280 e. The van der Waals surface area contributed by atoms with Crippen LogP contribution in [0.5, 0.6) is 0 Å². The second-order valence-electron chi connectivity index (χ2n) is 4.90. The number of carbonyl (C=O) groups excluding carboxylic acids is 1. The van der Waals surface area contributed by atoms with Gasteiger partial charge in [0.25, 0.3) is 5.91 Å². The standard InChI is InChI=1S/C16H11BrFN3O2/c1-21-13-7-6-9(18)8-10(13)15(22)14(20-21)16(23)19-12-5-3-2-4-11(12)17/h2-8H,1H3,(H,19,23). The Hall–Kier alpha value is -2.54. The van der Waals surface area contributed by atoms with Gasteiger partial charge >= 0.3 is 0 Å². The Labute approximate surface area is 138 Å². The van der Waals surface area contributed by atoms with Crippen LogP contribution >= 0.6 is 15.9 Å². The molecule has 23 heavy (non-hydrogen) atoms. The van der Waals surface area contributed by atoms with Crippen LogP contribution in [0.1, 0.15) is 10.5 Å². The van der Waals surface area contributed by atoms with Crippen LogP contribution in [-0.4, -0.2) is 15.7 Å².